The first-order chi connectivity index (χ1) is 21.0. The molecule has 0 aromatic rings. The van der Waals surface area contributed by atoms with E-state index in [1.54, 1.807) is 38.5 Å². The maximum Gasteiger partial charge on any atom is -0.0354 e. The summed E-state index contributed by atoms with van der Waals surface area (Å²) in [5.41, 5.74) is 0.493. The quantitative estimate of drug-likeness (QED) is 0.0674. The zero-order chi connectivity index (χ0) is 31.0. The van der Waals surface area contributed by atoms with E-state index in [2.05, 4.69) is 34.6 Å². The molecule has 0 heterocycles. The lowest BCUT2D eigenvalue weighted by molar-refractivity contribution is 0.201. The van der Waals surface area contributed by atoms with Crippen LogP contribution in [-0.4, -0.2) is 0 Å². The monoisotopic (exact) mass is 601 g/mol. The van der Waals surface area contributed by atoms with E-state index < -0.39 is 0 Å². The van der Waals surface area contributed by atoms with E-state index in [0.29, 0.717) is 5.41 Å². The maximum atomic E-state index is 2.51. The third-order valence-electron chi connectivity index (χ3n) is 12.0. The molecule has 2 rings (SSSR count). The van der Waals surface area contributed by atoms with Crippen LogP contribution in [0.2, 0.25) is 0 Å². The average molecular weight is 601 g/mol. The predicted molar refractivity (Wildman–Crippen MR) is 196 cm³/mol. The van der Waals surface area contributed by atoms with Gasteiger partial charge in [-0.1, -0.05) is 214 Å². The minimum Gasteiger partial charge on any atom is -0.0654 e. The zero-order valence-corrected chi connectivity index (χ0v) is 31.0. The molecule has 4 atom stereocenters. The Hall–Kier alpha value is 0. The van der Waals surface area contributed by atoms with E-state index in [0.717, 1.165) is 29.6 Å². The van der Waals surface area contributed by atoms with Gasteiger partial charge in [0.15, 0.2) is 0 Å². The molecule has 2 fully saturated rings. The summed E-state index contributed by atoms with van der Waals surface area (Å²) in [5, 5.41) is 0. The van der Waals surface area contributed by atoms with Gasteiger partial charge in [0.2, 0.25) is 0 Å². The van der Waals surface area contributed by atoms with E-state index in [-0.39, 0.29) is 0 Å². The molecule has 2 saturated carbocycles. The summed E-state index contributed by atoms with van der Waals surface area (Å²) in [6, 6.07) is 0. The Labute approximate surface area is 274 Å². The smallest absolute Gasteiger partial charge is 0.0354 e. The molecule has 0 saturated heterocycles. The van der Waals surface area contributed by atoms with Crippen molar-refractivity contribution in [1.82, 2.24) is 0 Å². The van der Waals surface area contributed by atoms with Crippen molar-refractivity contribution in [2.24, 2.45) is 35.0 Å². The highest BCUT2D eigenvalue weighted by Crippen LogP contribution is 2.46. The van der Waals surface area contributed by atoms with Crippen molar-refractivity contribution >= 4 is 0 Å². The Kier molecular flexibility index (Phi) is 22.9. The molecule has 0 spiro atoms. The van der Waals surface area contributed by atoms with Crippen LogP contribution in [0.25, 0.3) is 0 Å². The fourth-order valence-electron chi connectivity index (χ4n) is 8.43. The second kappa shape index (κ2) is 25.1. The molecule has 0 aromatic heterocycles. The summed E-state index contributed by atoms with van der Waals surface area (Å²) in [6.45, 7) is 12.2. The van der Waals surface area contributed by atoms with Crippen LogP contribution >= 0.6 is 0 Å². The molecule has 4 unspecified atom stereocenters. The van der Waals surface area contributed by atoms with E-state index >= 15 is 0 Å². The Balaban J connectivity index is 1.33. The molecule has 0 amide bonds. The van der Waals surface area contributed by atoms with Crippen LogP contribution in [0.15, 0.2) is 0 Å². The van der Waals surface area contributed by atoms with E-state index in [1.807, 2.05) is 0 Å². The first-order valence-corrected chi connectivity index (χ1v) is 21.0. The molecule has 0 aliphatic heterocycles. The van der Waals surface area contributed by atoms with Gasteiger partial charge >= 0.3 is 0 Å². The molecule has 2 aliphatic rings. The van der Waals surface area contributed by atoms with Crippen molar-refractivity contribution < 1.29 is 0 Å². The number of hydrogen-bond donors (Lipinski definition) is 0. The lowest BCUT2D eigenvalue weighted by atomic mass is 9.75. The van der Waals surface area contributed by atoms with Gasteiger partial charge < -0.3 is 0 Å². The Morgan fingerprint density at radius 2 is 0.628 bits per heavy atom. The molecule has 0 nitrogen and oxygen atoms in total. The van der Waals surface area contributed by atoms with Gasteiger partial charge in [-0.15, -0.1) is 0 Å². The summed E-state index contributed by atoms with van der Waals surface area (Å²) >= 11 is 0. The Morgan fingerprint density at radius 3 is 0.907 bits per heavy atom. The van der Waals surface area contributed by atoms with E-state index in [4.69, 9.17) is 0 Å². The number of hydrogen-bond acceptors (Lipinski definition) is 0. The van der Waals surface area contributed by atoms with Crippen molar-refractivity contribution in [3.05, 3.63) is 0 Å². The highest BCUT2D eigenvalue weighted by Gasteiger charge is 2.35. The number of rotatable bonds is 32. The fraction of sp³-hybridized carbons (Fsp3) is 1.00. The van der Waals surface area contributed by atoms with Gasteiger partial charge in [-0.05, 0) is 60.7 Å². The molecule has 256 valence electrons. The summed E-state index contributed by atoms with van der Waals surface area (Å²) < 4.78 is 0. The molecule has 0 bridgehead atoms. The van der Waals surface area contributed by atoms with Crippen molar-refractivity contribution in [1.29, 1.82) is 0 Å². The van der Waals surface area contributed by atoms with Crippen LogP contribution in [0.1, 0.15) is 240 Å². The van der Waals surface area contributed by atoms with Gasteiger partial charge in [-0.3, -0.25) is 0 Å². The highest BCUT2D eigenvalue weighted by atomic mass is 14.4. The molecule has 0 heteroatoms. The fourth-order valence-corrected chi connectivity index (χ4v) is 8.43. The largest absolute Gasteiger partial charge is 0.0654 e. The minimum absolute atomic E-state index is 0.493. The van der Waals surface area contributed by atoms with Crippen LogP contribution < -0.4 is 0 Å². The minimum atomic E-state index is 0.493. The number of unbranched alkanes of at least 4 members (excludes halogenated alkanes) is 20. The summed E-state index contributed by atoms with van der Waals surface area (Å²) in [7, 11) is 0. The maximum absolute atomic E-state index is 2.51. The lowest BCUT2D eigenvalue weighted by Crippen LogP contribution is -2.20. The Bertz CT molecular complexity index is 552. The van der Waals surface area contributed by atoms with Crippen molar-refractivity contribution in [3.8, 4) is 0 Å². The van der Waals surface area contributed by atoms with Gasteiger partial charge in [0.25, 0.3) is 0 Å². The van der Waals surface area contributed by atoms with E-state index in [1.165, 1.54) is 167 Å². The normalized spacial score (nSPS) is 22.3. The second-order valence-electron chi connectivity index (χ2n) is 17.1. The van der Waals surface area contributed by atoms with Crippen LogP contribution in [0.3, 0.4) is 0 Å². The van der Waals surface area contributed by atoms with Crippen LogP contribution in [0.5, 0.6) is 0 Å². The highest BCUT2D eigenvalue weighted by molar-refractivity contribution is 4.86. The van der Waals surface area contributed by atoms with Gasteiger partial charge in [0.1, 0.15) is 0 Å². The summed E-state index contributed by atoms with van der Waals surface area (Å²) in [6.07, 6.45) is 47.8. The van der Waals surface area contributed by atoms with Crippen LogP contribution in [0, 0.1) is 35.0 Å². The topological polar surface area (TPSA) is 0 Å². The molecule has 0 N–H and O–H groups in total. The molecule has 0 aromatic carbocycles. The van der Waals surface area contributed by atoms with Gasteiger partial charge in [0, 0.05) is 0 Å². The van der Waals surface area contributed by atoms with Crippen LogP contribution in [-0.2, 0) is 0 Å². The van der Waals surface area contributed by atoms with E-state index in [9.17, 15) is 0 Å². The second-order valence-corrected chi connectivity index (χ2v) is 17.1. The summed E-state index contributed by atoms with van der Waals surface area (Å²) in [4.78, 5) is 0. The predicted octanol–water partition coefficient (Wildman–Crippen LogP) is 15.7. The van der Waals surface area contributed by atoms with Crippen molar-refractivity contribution in [2.45, 2.75) is 240 Å². The first kappa shape index (κ1) is 39.2. The lowest BCUT2D eigenvalue weighted by Gasteiger charge is -2.31. The molecule has 2 aliphatic carbocycles. The zero-order valence-electron chi connectivity index (χ0n) is 31.0. The first-order valence-electron chi connectivity index (χ1n) is 21.0. The molecule has 0 radical (unpaired) electrons. The van der Waals surface area contributed by atoms with Gasteiger partial charge in [0.05, 0.1) is 0 Å². The third kappa shape index (κ3) is 21.4. The standard InChI is InChI=1S/C43H84/c1-6-8-10-12-18-24-30-38-36-40(38)32-26-20-14-16-22-28-34-42(43(3,4)5)35-29-23-17-15-21-27-33-41-37-39(41)31-25-19-13-11-9-7-2/h38-42H,6-37H2,1-5H3. The van der Waals surface area contributed by atoms with Gasteiger partial charge in [-0.2, -0.15) is 0 Å². The summed E-state index contributed by atoms with van der Waals surface area (Å²) in [5.74, 6) is 5.43. The average Bonchev–Trinajstić information content (AvgIpc) is 3.90. The van der Waals surface area contributed by atoms with Crippen molar-refractivity contribution in [2.75, 3.05) is 0 Å². The molecule has 43 heavy (non-hydrogen) atoms. The van der Waals surface area contributed by atoms with Crippen molar-refractivity contribution in [3.63, 3.8) is 0 Å². The molecular weight excluding hydrogens is 516 g/mol. The third-order valence-corrected chi connectivity index (χ3v) is 12.0. The van der Waals surface area contributed by atoms with Gasteiger partial charge in [-0.25, -0.2) is 0 Å². The van der Waals surface area contributed by atoms with Crippen LogP contribution in [0.4, 0.5) is 0 Å². The SMILES string of the molecule is CCCCCCCCC1CC1CCCCCCCCC(CCCCCCCCC1CC1CCCCCCCC)C(C)(C)C. The molecular formula is C43H84. The Morgan fingerprint density at radius 1 is 0.372 bits per heavy atom.